The van der Waals surface area contributed by atoms with Crippen molar-refractivity contribution in [3.63, 3.8) is 0 Å². The first-order valence-electron chi connectivity index (χ1n) is 3.41. The summed E-state index contributed by atoms with van der Waals surface area (Å²) in [5, 5.41) is 0. The number of carbonyl (C=O) groups excluding carboxylic acids is 1. The average molecular weight is 165 g/mol. The zero-order valence-corrected chi connectivity index (χ0v) is 6.33. The first-order valence-corrected chi connectivity index (χ1v) is 3.41. The summed E-state index contributed by atoms with van der Waals surface area (Å²) < 4.78 is 12.9. The molecule has 0 atom stereocenters. The van der Waals surface area contributed by atoms with Gasteiger partial charge in [0.2, 0.25) is 0 Å². The Balaban J connectivity index is 3.01. The molecule has 0 aliphatic rings. The van der Waals surface area contributed by atoms with E-state index < -0.39 is 5.82 Å². The molecule has 12 heavy (non-hydrogen) atoms. The van der Waals surface area contributed by atoms with Gasteiger partial charge in [-0.25, -0.2) is 4.39 Å². The van der Waals surface area contributed by atoms with Crippen LogP contribution in [0.15, 0.2) is 24.3 Å². The zero-order valence-electron chi connectivity index (χ0n) is 6.33. The largest absolute Gasteiger partial charge is 0.399 e. The van der Waals surface area contributed by atoms with Gasteiger partial charge >= 0.3 is 0 Å². The van der Waals surface area contributed by atoms with Crippen molar-refractivity contribution < 1.29 is 9.18 Å². The Morgan fingerprint density at radius 1 is 1.42 bits per heavy atom. The predicted molar refractivity (Wildman–Crippen MR) is 45.9 cm³/mol. The van der Waals surface area contributed by atoms with Crippen LogP contribution >= 0.6 is 0 Å². The van der Waals surface area contributed by atoms with Gasteiger partial charge < -0.3 is 5.73 Å². The number of carbonyl (C=O) groups is 1. The molecule has 0 heterocycles. The van der Waals surface area contributed by atoms with E-state index in [0.29, 0.717) is 17.5 Å². The van der Waals surface area contributed by atoms with Gasteiger partial charge in [0.1, 0.15) is 12.1 Å². The molecule has 0 unspecified atom stereocenters. The normalized spacial score (nSPS) is 10.4. The number of allylic oxidation sites excluding steroid dienone is 1. The van der Waals surface area contributed by atoms with Crippen LogP contribution in [0.25, 0.3) is 6.08 Å². The fourth-order valence-corrected chi connectivity index (χ4v) is 0.822. The standard InChI is InChI=1S/C9H8FNO/c10-9-6-8(11)4-3-7(9)2-1-5-12/h1-6H,11H2. The van der Waals surface area contributed by atoms with Crippen molar-refractivity contribution in [2.24, 2.45) is 0 Å². The highest BCUT2D eigenvalue weighted by molar-refractivity contribution is 5.74. The smallest absolute Gasteiger partial charge is 0.142 e. The second-order valence-electron chi connectivity index (χ2n) is 2.28. The van der Waals surface area contributed by atoms with Gasteiger partial charge in [-0.15, -0.1) is 0 Å². The Labute approximate surface area is 69.5 Å². The average Bonchev–Trinajstić information content (AvgIpc) is 2.03. The highest BCUT2D eigenvalue weighted by Gasteiger charge is 1.97. The van der Waals surface area contributed by atoms with E-state index in [1.807, 2.05) is 0 Å². The van der Waals surface area contributed by atoms with Crippen molar-refractivity contribution in [3.8, 4) is 0 Å². The van der Waals surface area contributed by atoms with Gasteiger partial charge in [0.25, 0.3) is 0 Å². The first kappa shape index (κ1) is 8.46. The molecule has 0 aliphatic heterocycles. The van der Waals surface area contributed by atoms with Crippen LogP contribution < -0.4 is 5.73 Å². The van der Waals surface area contributed by atoms with Crippen molar-refractivity contribution in [3.05, 3.63) is 35.7 Å². The molecule has 0 radical (unpaired) electrons. The number of rotatable bonds is 2. The molecule has 0 aliphatic carbocycles. The molecule has 0 aromatic heterocycles. The predicted octanol–water partition coefficient (Wildman–Crippen LogP) is 1.62. The van der Waals surface area contributed by atoms with E-state index >= 15 is 0 Å². The monoisotopic (exact) mass is 165 g/mol. The third kappa shape index (κ3) is 1.92. The molecule has 1 aromatic carbocycles. The van der Waals surface area contributed by atoms with Crippen molar-refractivity contribution in [2.75, 3.05) is 5.73 Å². The van der Waals surface area contributed by atoms with Crippen LogP contribution in [0.5, 0.6) is 0 Å². The van der Waals surface area contributed by atoms with Crippen LogP contribution in [0.1, 0.15) is 5.56 Å². The van der Waals surface area contributed by atoms with Crippen LogP contribution in [-0.2, 0) is 4.79 Å². The minimum Gasteiger partial charge on any atom is -0.399 e. The van der Waals surface area contributed by atoms with Gasteiger partial charge in [-0.2, -0.15) is 0 Å². The Bertz CT molecular complexity index is 320. The lowest BCUT2D eigenvalue weighted by molar-refractivity contribution is -0.104. The van der Waals surface area contributed by atoms with Crippen molar-refractivity contribution in [1.82, 2.24) is 0 Å². The number of nitrogens with two attached hydrogens (primary N) is 1. The third-order valence-electron chi connectivity index (χ3n) is 1.38. The minimum absolute atomic E-state index is 0.358. The highest BCUT2D eigenvalue weighted by Crippen LogP contribution is 2.12. The first-order chi connectivity index (χ1) is 5.74. The number of hydrogen-bond donors (Lipinski definition) is 1. The van der Waals surface area contributed by atoms with Crippen LogP contribution in [0.4, 0.5) is 10.1 Å². The lowest BCUT2D eigenvalue weighted by Crippen LogP contribution is -1.88. The summed E-state index contributed by atoms with van der Waals surface area (Å²) >= 11 is 0. The zero-order chi connectivity index (χ0) is 8.97. The van der Waals surface area contributed by atoms with Gasteiger partial charge in [-0.05, 0) is 30.4 Å². The van der Waals surface area contributed by atoms with Crippen LogP contribution in [0.3, 0.4) is 0 Å². The number of aldehydes is 1. The maximum Gasteiger partial charge on any atom is 0.142 e. The molecule has 1 rings (SSSR count). The van der Waals surface area contributed by atoms with Crippen LogP contribution in [-0.4, -0.2) is 6.29 Å². The molecule has 3 heteroatoms. The molecule has 2 N–H and O–H groups in total. The van der Waals surface area contributed by atoms with E-state index in [4.69, 9.17) is 5.73 Å². The van der Waals surface area contributed by atoms with Gasteiger partial charge in [0, 0.05) is 11.3 Å². The fourth-order valence-electron chi connectivity index (χ4n) is 0.822. The van der Waals surface area contributed by atoms with E-state index in [2.05, 4.69) is 0 Å². The van der Waals surface area contributed by atoms with E-state index in [9.17, 15) is 9.18 Å². The van der Waals surface area contributed by atoms with Crippen molar-refractivity contribution in [2.45, 2.75) is 0 Å². The SMILES string of the molecule is Nc1ccc(C=CC=O)c(F)c1. The number of benzene rings is 1. The Morgan fingerprint density at radius 3 is 2.75 bits per heavy atom. The summed E-state index contributed by atoms with van der Waals surface area (Å²) in [5.41, 5.74) is 6.05. The maximum atomic E-state index is 12.9. The molecule has 0 saturated heterocycles. The Morgan fingerprint density at radius 2 is 2.17 bits per heavy atom. The summed E-state index contributed by atoms with van der Waals surface area (Å²) in [5.74, 6) is -0.423. The second kappa shape index (κ2) is 3.67. The third-order valence-corrected chi connectivity index (χ3v) is 1.38. The van der Waals surface area contributed by atoms with Gasteiger partial charge in [0.15, 0.2) is 0 Å². The lowest BCUT2D eigenvalue weighted by Gasteiger charge is -1.96. The molecule has 0 fully saturated rings. The summed E-state index contributed by atoms with van der Waals surface area (Å²) in [6.45, 7) is 0. The van der Waals surface area contributed by atoms with E-state index in [0.717, 1.165) is 0 Å². The maximum absolute atomic E-state index is 12.9. The quantitative estimate of drug-likeness (QED) is 0.411. The summed E-state index contributed by atoms with van der Waals surface area (Å²) in [6.07, 6.45) is 3.21. The van der Waals surface area contributed by atoms with E-state index in [1.54, 1.807) is 6.07 Å². The number of halogens is 1. The summed E-state index contributed by atoms with van der Waals surface area (Å²) in [4.78, 5) is 9.92. The second-order valence-corrected chi connectivity index (χ2v) is 2.28. The molecule has 0 saturated carbocycles. The molecule has 2 nitrogen and oxygen atoms in total. The Hall–Kier alpha value is -1.64. The number of hydrogen-bond acceptors (Lipinski definition) is 2. The highest BCUT2D eigenvalue weighted by atomic mass is 19.1. The van der Waals surface area contributed by atoms with Crippen LogP contribution in [0, 0.1) is 5.82 Å². The van der Waals surface area contributed by atoms with Crippen molar-refractivity contribution >= 4 is 18.0 Å². The molecule has 0 spiro atoms. The Kier molecular flexibility index (Phi) is 2.58. The fraction of sp³-hybridized carbons (Fsp3) is 0. The van der Waals surface area contributed by atoms with Crippen molar-refractivity contribution in [1.29, 1.82) is 0 Å². The summed E-state index contributed by atoms with van der Waals surface area (Å²) in [6, 6.07) is 4.31. The molecular formula is C9H8FNO. The molecular weight excluding hydrogens is 157 g/mol. The molecule has 1 aromatic rings. The summed E-state index contributed by atoms with van der Waals surface area (Å²) in [7, 11) is 0. The van der Waals surface area contributed by atoms with E-state index in [-0.39, 0.29) is 0 Å². The van der Waals surface area contributed by atoms with E-state index in [1.165, 1.54) is 24.3 Å². The minimum atomic E-state index is -0.423. The van der Waals surface area contributed by atoms with Gasteiger partial charge in [0.05, 0.1) is 0 Å². The topological polar surface area (TPSA) is 43.1 Å². The van der Waals surface area contributed by atoms with Gasteiger partial charge in [-0.3, -0.25) is 4.79 Å². The lowest BCUT2D eigenvalue weighted by atomic mass is 10.2. The number of anilines is 1. The molecule has 0 bridgehead atoms. The molecule has 0 amide bonds. The van der Waals surface area contributed by atoms with Gasteiger partial charge in [-0.1, -0.05) is 0 Å². The van der Waals surface area contributed by atoms with Crippen LogP contribution in [0.2, 0.25) is 0 Å². The molecule has 62 valence electrons. The number of nitrogen functional groups attached to an aromatic ring is 1.